The number of nitro groups is 1. The average Bonchev–Trinajstić information content (AvgIpc) is 2.46. The number of nitro benzene ring substituents is 1. The summed E-state index contributed by atoms with van der Waals surface area (Å²) in [5.74, 6) is 0.0783. The Morgan fingerprint density at radius 3 is 2.86 bits per heavy atom. The predicted molar refractivity (Wildman–Crippen MR) is 78.1 cm³/mol. The SMILES string of the molecule is O=C(NCC1CCCCC1O)Nc1cccc([N+](=O)[O-])c1. The van der Waals surface area contributed by atoms with E-state index in [-0.39, 0.29) is 17.7 Å². The lowest BCUT2D eigenvalue weighted by atomic mass is 9.86. The van der Waals surface area contributed by atoms with Gasteiger partial charge in [0.05, 0.1) is 11.0 Å². The van der Waals surface area contributed by atoms with Crippen LogP contribution >= 0.6 is 0 Å². The summed E-state index contributed by atoms with van der Waals surface area (Å²) < 4.78 is 0. The van der Waals surface area contributed by atoms with Crippen molar-refractivity contribution in [2.75, 3.05) is 11.9 Å². The molecule has 2 rings (SSSR count). The number of aliphatic hydroxyl groups excluding tert-OH is 1. The normalized spacial score (nSPS) is 21.6. The van der Waals surface area contributed by atoms with Crippen LogP contribution in [0.15, 0.2) is 24.3 Å². The molecule has 0 aliphatic heterocycles. The predicted octanol–water partition coefficient (Wildman–Crippen LogP) is 2.27. The summed E-state index contributed by atoms with van der Waals surface area (Å²) in [6.45, 7) is 0.405. The minimum atomic E-state index is -0.512. The fourth-order valence-corrected chi connectivity index (χ4v) is 2.52. The second kappa shape index (κ2) is 7.03. The van der Waals surface area contributed by atoms with Crippen LogP contribution in [0.4, 0.5) is 16.2 Å². The first-order valence-electron chi connectivity index (χ1n) is 7.03. The van der Waals surface area contributed by atoms with Crippen molar-refractivity contribution in [2.24, 2.45) is 5.92 Å². The van der Waals surface area contributed by atoms with E-state index < -0.39 is 11.0 Å². The fourth-order valence-electron chi connectivity index (χ4n) is 2.52. The largest absolute Gasteiger partial charge is 0.393 e. The molecule has 0 aromatic heterocycles. The summed E-state index contributed by atoms with van der Waals surface area (Å²) in [5.41, 5.74) is 0.293. The maximum atomic E-state index is 11.8. The van der Waals surface area contributed by atoms with Crippen LogP contribution in [0.5, 0.6) is 0 Å². The van der Waals surface area contributed by atoms with Crippen molar-refractivity contribution >= 4 is 17.4 Å². The second-order valence-electron chi connectivity index (χ2n) is 5.25. The summed E-state index contributed by atoms with van der Waals surface area (Å²) in [4.78, 5) is 21.9. The Hall–Kier alpha value is -2.15. The minimum Gasteiger partial charge on any atom is -0.393 e. The number of nitrogens with one attached hydrogen (secondary N) is 2. The van der Waals surface area contributed by atoms with Gasteiger partial charge in [-0.25, -0.2) is 4.79 Å². The number of aliphatic hydroxyl groups is 1. The molecule has 1 aromatic carbocycles. The van der Waals surface area contributed by atoms with E-state index in [1.165, 1.54) is 18.2 Å². The number of carbonyl (C=O) groups is 1. The monoisotopic (exact) mass is 293 g/mol. The van der Waals surface area contributed by atoms with Crippen LogP contribution in [0, 0.1) is 16.0 Å². The summed E-state index contributed by atoms with van der Waals surface area (Å²) in [5, 5.41) is 25.7. The quantitative estimate of drug-likeness (QED) is 0.585. The van der Waals surface area contributed by atoms with E-state index in [0.29, 0.717) is 12.2 Å². The molecule has 1 fully saturated rings. The van der Waals surface area contributed by atoms with Gasteiger partial charge in [0, 0.05) is 30.3 Å². The van der Waals surface area contributed by atoms with Gasteiger partial charge in [0.25, 0.3) is 5.69 Å². The van der Waals surface area contributed by atoms with E-state index in [2.05, 4.69) is 10.6 Å². The number of non-ortho nitro benzene ring substituents is 1. The molecule has 0 bridgehead atoms. The zero-order chi connectivity index (χ0) is 15.2. The Morgan fingerprint density at radius 1 is 1.38 bits per heavy atom. The molecule has 1 aliphatic rings. The molecular weight excluding hydrogens is 274 g/mol. The summed E-state index contributed by atoms with van der Waals surface area (Å²) in [6.07, 6.45) is 3.40. The van der Waals surface area contributed by atoms with Crippen LogP contribution in [0.3, 0.4) is 0 Å². The molecule has 3 N–H and O–H groups in total. The highest BCUT2D eigenvalue weighted by Gasteiger charge is 2.23. The zero-order valence-corrected chi connectivity index (χ0v) is 11.6. The molecule has 2 unspecified atom stereocenters. The van der Waals surface area contributed by atoms with E-state index in [0.717, 1.165) is 25.7 Å². The van der Waals surface area contributed by atoms with Gasteiger partial charge in [-0.3, -0.25) is 10.1 Å². The summed E-state index contributed by atoms with van der Waals surface area (Å²) in [7, 11) is 0. The van der Waals surface area contributed by atoms with Crippen molar-refractivity contribution in [3.05, 3.63) is 34.4 Å². The van der Waals surface area contributed by atoms with Crippen molar-refractivity contribution in [2.45, 2.75) is 31.8 Å². The number of amides is 2. The third kappa shape index (κ3) is 4.42. The number of hydrogen-bond donors (Lipinski definition) is 3. The van der Waals surface area contributed by atoms with Gasteiger partial charge in [-0.1, -0.05) is 18.9 Å². The molecule has 1 saturated carbocycles. The van der Waals surface area contributed by atoms with Crippen LogP contribution in [0.1, 0.15) is 25.7 Å². The van der Waals surface area contributed by atoms with Gasteiger partial charge in [0.1, 0.15) is 0 Å². The lowest BCUT2D eigenvalue weighted by molar-refractivity contribution is -0.384. The molecule has 1 aliphatic carbocycles. The molecule has 21 heavy (non-hydrogen) atoms. The maximum Gasteiger partial charge on any atom is 0.319 e. The molecular formula is C14H19N3O4. The first-order valence-corrected chi connectivity index (χ1v) is 7.03. The molecule has 2 atom stereocenters. The lowest BCUT2D eigenvalue weighted by Gasteiger charge is -2.27. The highest BCUT2D eigenvalue weighted by molar-refractivity contribution is 5.89. The molecule has 0 heterocycles. The van der Waals surface area contributed by atoms with Gasteiger partial charge >= 0.3 is 6.03 Å². The number of urea groups is 1. The molecule has 114 valence electrons. The van der Waals surface area contributed by atoms with Crippen LogP contribution in [0.2, 0.25) is 0 Å². The molecule has 0 radical (unpaired) electrons. The Kier molecular flexibility index (Phi) is 5.10. The molecule has 7 heteroatoms. The first kappa shape index (κ1) is 15.2. The molecule has 0 saturated heterocycles. The number of nitrogens with zero attached hydrogens (tertiary/aromatic N) is 1. The Bertz CT molecular complexity index is 521. The summed E-state index contributed by atoms with van der Waals surface area (Å²) >= 11 is 0. The molecule has 7 nitrogen and oxygen atoms in total. The number of anilines is 1. The minimum absolute atomic E-state index is 0.0736. The van der Waals surface area contributed by atoms with Crippen molar-refractivity contribution in [3.63, 3.8) is 0 Å². The smallest absolute Gasteiger partial charge is 0.319 e. The van der Waals surface area contributed by atoms with Gasteiger partial charge in [-0.05, 0) is 18.9 Å². The first-order chi connectivity index (χ1) is 10.1. The lowest BCUT2D eigenvalue weighted by Crippen LogP contribution is -2.38. The number of rotatable bonds is 4. The fraction of sp³-hybridized carbons (Fsp3) is 0.500. The highest BCUT2D eigenvalue weighted by atomic mass is 16.6. The third-order valence-corrected chi connectivity index (χ3v) is 3.71. The van der Waals surface area contributed by atoms with E-state index in [4.69, 9.17) is 0 Å². The van der Waals surface area contributed by atoms with Crippen LogP contribution in [-0.2, 0) is 0 Å². The van der Waals surface area contributed by atoms with E-state index in [1.807, 2.05) is 0 Å². The maximum absolute atomic E-state index is 11.8. The van der Waals surface area contributed by atoms with Crippen molar-refractivity contribution in [3.8, 4) is 0 Å². The van der Waals surface area contributed by atoms with Gasteiger partial charge in [-0.15, -0.1) is 0 Å². The van der Waals surface area contributed by atoms with Crippen LogP contribution in [-0.4, -0.2) is 28.7 Å². The van der Waals surface area contributed by atoms with Crippen molar-refractivity contribution in [1.29, 1.82) is 0 Å². The van der Waals surface area contributed by atoms with Gasteiger partial charge < -0.3 is 15.7 Å². The Morgan fingerprint density at radius 2 is 2.14 bits per heavy atom. The Balaban J connectivity index is 1.84. The molecule has 1 aromatic rings. The molecule has 2 amide bonds. The van der Waals surface area contributed by atoms with Gasteiger partial charge in [-0.2, -0.15) is 0 Å². The average molecular weight is 293 g/mol. The van der Waals surface area contributed by atoms with E-state index >= 15 is 0 Å². The van der Waals surface area contributed by atoms with Gasteiger partial charge in [0.15, 0.2) is 0 Å². The number of benzene rings is 1. The van der Waals surface area contributed by atoms with Crippen LogP contribution in [0.25, 0.3) is 0 Å². The van der Waals surface area contributed by atoms with Crippen molar-refractivity contribution < 1.29 is 14.8 Å². The topological polar surface area (TPSA) is 104 Å². The Labute approximate surface area is 122 Å². The second-order valence-corrected chi connectivity index (χ2v) is 5.25. The van der Waals surface area contributed by atoms with E-state index in [9.17, 15) is 20.0 Å². The number of carbonyl (C=O) groups excluding carboxylic acids is 1. The van der Waals surface area contributed by atoms with E-state index in [1.54, 1.807) is 6.07 Å². The highest BCUT2D eigenvalue weighted by Crippen LogP contribution is 2.23. The summed E-state index contributed by atoms with van der Waals surface area (Å²) in [6, 6.07) is 5.34. The van der Waals surface area contributed by atoms with Gasteiger partial charge in [0.2, 0.25) is 0 Å². The zero-order valence-electron chi connectivity index (χ0n) is 11.6. The number of hydrogen-bond acceptors (Lipinski definition) is 4. The molecule has 0 spiro atoms. The van der Waals surface area contributed by atoms with Crippen molar-refractivity contribution in [1.82, 2.24) is 5.32 Å². The third-order valence-electron chi connectivity index (χ3n) is 3.71. The van der Waals surface area contributed by atoms with Crippen LogP contribution < -0.4 is 10.6 Å². The standard InChI is InChI=1S/C14H19N3O4/c18-13-7-2-1-4-10(13)9-15-14(19)16-11-5-3-6-12(8-11)17(20)21/h3,5-6,8,10,13,18H,1-2,4,7,9H2,(H2,15,16,19).